The summed E-state index contributed by atoms with van der Waals surface area (Å²) in [5.74, 6) is -3.43. The second kappa shape index (κ2) is 4.23. The van der Waals surface area contributed by atoms with Crippen molar-refractivity contribution in [2.45, 2.75) is 12.1 Å². The maximum Gasteiger partial charge on any atom is 0.335 e. The van der Waals surface area contributed by atoms with E-state index in [-0.39, 0.29) is 0 Å². The van der Waals surface area contributed by atoms with Crippen LogP contribution in [0.15, 0.2) is 10.4 Å². The smallest absolute Gasteiger partial charge is 0.335 e. The number of nitrogens with zero attached hydrogens (tertiary/aromatic N) is 2. The van der Waals surface area contributed by atoms with Crippen molar-refractivity contribution in [2.24, 2.45) is 10.4 Å². The molecule has 2 atom stereocenters. The topological polar surface area (TPSA) is 133 Å². The van der Waals surface area contributed by atoms with Gasteiger partial charge in [-0.25, -0.2) is 4.79 Å². The maximum atomic E-state index is 10.3. The molecule has 0 spiro atoms. The Morgan fingerprint density at radius 1 is 1.25 bits per heavy atom. The van der Waals surface area contributed by atoms with Crippen LogP contribution < -0.4 is 0 Å². The molecule has 0 saturated carbocycles. The number of carboxylic acids is 1. The van der Waals surface area contributed by atoms with Gasteiger partial charge in [0, 0.05) is 5.18 Å². The van der Waals surface area contributed by atoms with Gasteiger partial charge in [0.05, 0.1) is 0 Å². The Morgan fingerprint density at radius 3 is 2.00 bits per heavy atom. The molecule has 1 amide bonds. The molecule has 12 heavy (non-hydrogen) atoms. The molecule has 0 radical (unpaired) electrons. The van der Waals surface area contributed by atoms with Crippen molar-refractivity contribution >= 4 is 11.9 Å². The van der Waals surface area contributed by atoms with Gasteiger partial charge in [-0.2, -0.15) is 0 Å². The normalized spacial score (nSPS) is 14.4. The summed E-state index contributed by atoms with van der Waals surface area (Å²) in [6, 6.07) is -2.17. The highest BCUT2D eigenvalue weighted by Crippen LogP contribution is 2.01. The Bertz CT molecular complexity index is 226. The summed E-state index contributed by atoms with van der Waals surface area (Å²) < 4.78 is 0. The van der Waals surface area contributed by atoms with Gasteiger partial charge in [0.25, 0.3) is 0 Å². The number of amides is 1. The molecule has 0 rings (SSSR count). The summed E-state index contributed by atoms with van der Waals surface area (Å²) in [6.45, 7) is 0. The first-order chi connectivity index (χ1) is 5.54. The van der Waals surface area contributed by atoms with E-state index in [2.05, 4.69) is 0 Å². The first kappa shape index (κ1) is 10.3. The molecule has 0 saturated heterocycles. The summed E-state index contributed by atoms with van der Waals surface area (Å²) in [5, 5.41) is 20.4. The molecule has 0 aliphatic carbocycles. The number of carboxylic acid groups (broad SMARTS) is 1. The number of aliphatic hydroxyl groups excluding tert-OH is 1. The molecule has 0 aliphatic heterocycles. The average molecular weight is 176 g/mol. The molecule has 0 bridgehead atoms. The fourth-order valence-electron chi connectivity index (χ4n) is 0.427. The standard InChI is InChI=1S/C4H4N2O6/c7-2(4(9)10)1(5-11)3(8)6-12/h1-2,7H,(H,9,10)/t1-,2-/m1/s1. The lowest BCUT2D eigenvalue weighted by Gasteiger charge is -2.05. The summed E-state index contributed by atoms with van der Waals surface area (Å²) in [6.07, 6.45) is -2.33. The number of aliphatic hydroxyl groups is 1. The van der Waals surface area contributed by atoms with E-state index >= 15 is 0 Å². The molecular formula is C4H4N2O6. The van der Waals surface area contributed by atoms with E-state index in [4.69, 9.17) is 10.2 Å². The van der Waals surface area contributed by atoms with Crippen molar-refractivity contribution in [2.75, 3.05) is 0 Å². The third-order valence-electron chi connectivity index (χ3n) is 1.01. The lowest BCUT2D eigenvalue weighted by atomic mass is 10.1. The van der Waals surface area contributed by atoms with Gasteiger partial charge in [-0.05, 0) is 0 Å². The Balaban J connectivity index is 4.54. The van der Waals surface area contributed by atoms with Gasteiger partial charge in [0.15, 0.2) is 6.10 Å². The van der Waals surface area contributed by atoms with Crippen molar-refractivity contribution in [3.63, 3.8) is 0 Å². The summed E-state index contributed by atoms with van der Waals surface area (Å²) in [4.78, 5) is 39.6. The Hall–Kier alpha value is -1.70. The molecule has 0 aromatic rings. The molecule has 66 valence electrons. The van der Waals surface area contributed by atoms with Crippen molar-refractivity contribution in [3.05, 3.63) is 9.81 Å². The van der Waals surface area contributed by atoms with E-state index in [1.807, 2.05) is 5.18 Å². The highest BCUT2D eigenvalue weighted by atomic mass is 16.4. The average Bonchev–Trinajstić information content (AvgIpc) is 2.05. The first-order valence-electron chi connectivity index (χ1n) is 2.65. The van der Waals surface area contributed by atoms with Crippen molar-refractivity contribution in [1.29, 1.82) is 0 Å². The summed E-state index contributed by atoms with van der Waals surface area (Å²) >= 11 is 0. The number of rotatable bonds is 4. The predicted octanol–water partition coefficient (Wildman–Crippen LogP) is -1.14. The molecule has 8 heteroatoms. The third-order valence-corrected chi connectivity index (χ3v) is 1.01. The maximum absolute atomic E-state index is 10.3. The van der Waals surface area contributed by atoms with Crippen LogP contribution in [0.3, 0.4) is 0 Å². The Labute approximate surface area is 65.1 Å². The molecule has 0 aliphatic rings. The minimum atomic E-state index is -2.33. The van der Waals surface area contributed by atoms with Crippen LogP contribution in [0.1, 0.15) is 0 Å². The lowest BCUT2D eigenvalue weighted by molar-refractivity contribution is -0.149. The number of hydrogen-bond donors (Lipinski definition) is 2. The van der Waals surface area contributed by atoms with Gasteiger partial charge in [0.2, 0.25) is 6.04 Å². The Morgan fingerprint density at radius 2 is 1.75 bits per heavy atom. The molecule has 0 fully saturated rings. The zero-order chi connectivity index (χ0) is 9.72. The first-order valence-corrected chi connectivity index (χ1v) is 2.65. The molecule has 0 heterocycles. The van der Waals surface area contributed by atoms with Gasteiger partial charge >= 0.3 is 11.9 Å². The minimum absolute atomic E-state index is 1.61. The number of carbonyl (C=O) groups is 2. The highest BCUT2D eigenvalue weighted by Gasteiger charge is 2.34. The van der Waals surface area contributed by atoms with Crippen LogP contribution in [0.4, 0.5) is 0 Å². The number of hydrogen-bond acceptors (Lipinski definition) is 6. The molecule has 0 unspecified atom stereocenters. The molecular weight excluding hydrogens is 172 g/mol. The van der Waals surface area contributed by atoms with E-state index in [9.17, 15) is 19.4 Å². The molecule has 2 N–H and O–H groups in total. The zero-order valence-electron chi connectivity index (χ0n) is 5.58. The zero-order valence-corrected chi connectivity index (χ0v) is 5.58. The minimum Gasteiger partial charge on any atom is -0.479 e. The second-order valence-electron chi connectivity index (χ2n) is 1.76. The summed E-state index contributed by atoms with van der Waals surface area (Å²) in [7, 11) is 0. The van der Waals surface area contributed by atoms with Crippen molar-refractivity contribution < 1.29 is 19.8 Å². The van der Waals surface area contributed by atoms with Crippen molar-refractivity contribution in [3.8, 4) is 0 Å². The van der Waals surface area contributed by atoms with Crippen LogP contribution in [-0.4, -0.2) is 34.2 Å². The van der Waals surface area contributed by atoms with E-state index in [1.54, 1.807) is 5.18 Å². The number of nitroso groups, excluding NO2 is 2. The quantitative estimate of drug-likeness (QED) is 0.520. The predicted molar refractivity (Wildman–Crippen MR) is 34.0 cm³/mol. The monoisotopic (exact) mass is 176 g/mol. The van der Waals surface area contributed by atoms with Gasteiger partial charge in [0.1, 0.15) is 0 Å². The van der Waals surface area contributed by atoms with Crippen LogP contribution in [0.5, 0.6) is 0 Å². The van der Waals surface area contributed by atoms with E-state index in [1.165, 1.54) is 0 Å². The SMILES string of the molecule is O=NC(=O)[C@H](N=O)[C@@H](O)C(=O)O. The van der Waals surface area contributed by atoms with Crippen LogP contribution in [0.25, 0.3) is 0 Å². The van der Waals surface area contributed by atoms with Crippen molar-refractivity contribution in [1.82, 2.24) is 0 Å². The Kier molecular flexibility index (Phi) is 3.63. The third kappa shape index (κ3) is 2.16. The molecule has 0 aromatic carbocycles. The fourth-order valence-corrected chi connectivity index (χ4v) is 0.427. The van der Waals surface area contributed by atoms with Crippen LogP contribution in [0, 0.1) is 9.81 Å². The second-order valence-corrected chi connectivity index (χ2v) is 1.76. The molecule has 0 aromatic heterocycles. The van der Waals surface area contributed by atoms with Gasteiger partial charge in [-0.3, -0.25) is 4.79 Å². The fraction of sp³-hybridized carbons (Fsp3) is 0.500. The van der Waals surface area contributed by atoms with E-state index < -0.39 is 24.0 Å². The molecule has 8 nitrogen and oxygen atoms in total. The lowest BCUT2D eigenvalue weighted by Crippen LogP contribution is -2.37. The van der Waals surface area contributed by atoms with Gasteiger partial charge in [-0.1, -0.05) is 5.18 Å². The largest absolute Gasteiger partial charge is 0.479 e. The van der Waals surface area contributed by atoms with E-state index in [0.29, 0.717) is 0 Å². The van der Waals surface area contributed by atoms with Crippen LogP contribution in [0.2, 0.25) is 0 Å². The van der Waals surface area contributed by atoms with E-state index in [0.717, 1.165) is 0 Å². The van der Waals surface area contributed by atoms with Crippen LogP contribution in [-0.2, 0) is 9.59 Å². The number of aliphatic carboxylic acids is 1. The highest BCUT2D eigenvalue weighted by molar-refractivity contribution is 5.89. The summed E-state index contributed by atoms with van der Waals surface area (Å²) in [5.41, 5.74) is 0. The van der Waals surface area contributed by atoms with Crippen LogP contribution >= 0.6 is 0 Å². The number of carbonyl (C=O) groups excluding carboxylic acids is 1. The van der Waals surface area contributed by atoms with Gasteiger partial charge < -0.3 is 10.2 Å². The van der Waals surface area contributed by atoms with Gasteiger partial charge in [-0.15, -0.1) is 9.81 Å².